The Balaban J connectivity index is 3.11. The fraction of sp³-hybridized carbons (Fsp3) is 0.333. The highest BCUT2D eigenvalue weighted by Crippen LogP contribution is 2.25. The van der Waals surface area contributed by atoms with Crippen molar-refractivity contribution in [1.29, 1.82) is 0 Å². The van der Waals surface area contributed by atoms with Crippen LogP contribution in [0, 0.1) is 0 Å². The van der Waals surface area contributed by atoms with E-state index in [1.54, 1.807) is 20.2 Å². The zero-order valence-electron chi connectivity index (χ0n) is 14.2. The summed E-state index contributed by atoms with van der Waals surface area (Å²) in [5.74, 6) is -1.02. The van der Waals surface area contributed by atoms with Gasteiger partial charge in [-0.05, 0) is 26.0 Å². The lowest BCUT2D eigenvalue weighted by atomic mass is 10.1. The maximum atomic E-state index is 12.4. The minimum Gasteiger partial charge on any atom is -0.506 e. The summed E-state index contributed by atoms with van der Waals surface area (Å²) in [5.41, 5.74) is 1.86. The van der Waals surface area contributed by atoms with Crippen LogP contribution in [0.15, 0.2) is 42.5 Å². The van der Waals surface area contributed by atoms with Crippen LogP contribution in [0.1, 0.15) is 34.6 Å². The molecule has 0 atom stereocenters. The molecule has 0 aromatic heterocycles. The first kappa shape index (κ1) is 18.5. The number of rotatable bonds is 6. The molecule has 5 nitrogen and oxygen atoms in total. The molecule has 2 amide bonds. The first-order chi connectivity index (χ1) is 10.6. The first-order valence-corrected chi connectivity index (χ1v) is 7.26. The van der Waals surface area contributed by atoms with Gasteiger partial charge < -0.3 is 14.9 Å². The fourth-order valence-corrected chi connectivity index (χ4v) is 2.25. The number of nitrogens with zero attached hydrogens (tertiary/aromatic N) is 2. The molecular weight excluding hydrogens is 292 g/mol. The van der Waals surface area contributed by atoms with Crippen LogP contribution in [0.3, 0.4) is 0 Å². The molecule has 0 spiro atoms. The number of para-hydroxylation sites is 1. The third kappa shape index (κ3) is 4.71. The lowest BCUT2D eigenvalue weighted by Gasteiger charge is -2.20. The number of carbonyl (C=O) groups excluding carboxylic acids is 2. The Morgan fingerprint density at radius 1 is 0.957 bits per heavy atom. The summed E-state index contributed by atoms with van der Waals surface area (Å²) in [7, 11) is 3.25. The highest BCUT2D eigenvalue weighted by atomic mass is 16.3. The minimum atomic E-state index is -0.359. The predicted molar refractivity (Wildman–Crippen MR) is 91.7 cm³/mol. The molecule has 1 N–H and O–H groups in total. The maximum Gasteiger partial charge on any atom is 0.257 e. The van der Waals surface area contributed by atoms with Crippen molar-refractivity contribution in [3.8, 4) is 5.75 Å². The molecule has 5 heteroatoms. The molecular formula is C18H24N2O3. The molecule has 0 aliphatic carbocycles. The summed E-state index contributed by atoms with van der Waals surface area (Å²) in [6, 6.07) is 4.59. The highest BCUT2D eigenvalue weighted by molar-refractivity contribution is 6.03. The lowest BCUT2D eigenvalue weighted by Crippen LogP contribution is -2.30. The number of aromatic hydroxyl groups is 1. The molecule has 0 radical (unpaired) electrons. The van der Waals surface area contributed by atoms with Gasteiger partial charge in [0.25, 0.3) is 11.8 Å². The largest absolute Gasteiger partial charge is 0.506 e. The molecule has 1 rings (SSSR count). The quantitative estimate of drug-likeness (QED) is 0.821. The van der Waals surface area contributed by atoms with Crippen LogP contribution in [-0.4, -0.2) is 53.9 Å². The summed E-state index contributed by atoms with van der Waals surface area (Å²) in [6.45, 7) is 11.9. The predicted octanol–water partition coefficient (Wildman–Crippen LogP) is 2.69. The number of likely N-dealkylation sites (N-methyl/N-ethyl adjacent to an activating group) is 2. The van der Waals surface area contributed by atoms with E-state index >= 15 is 0 Å². The normalized spacial score (nSPS) is 10.1. The van der Waals surface area contributed by atoms with Crippen molar-refractivity contribution in [3.63, 3.8) is 0 Å². The van der Waals surface area contributed by atoms with Crippen molar-refractivity contribution >= 4 is 11.8 Å². The lowest BCUT2D eigenvalue weighted by molar-refractivity contribution is 0.0799. The van der Waals surface area contributed by atoms with E-state index in [-0.39, 0.29) is 28.7 Å². The molecule has 0 saturated heterocycles. The zero-order chi connectivity index (χ0) is 17.7. The van der Waals surface area contributed by atoms with Crippen LogP contribution in [0.5, 0.6) is 5.75 Å². The molecule has 0 bridgehead atoms. The van der Waals surface area contributed by atoms with Gasteiger partial charge in [0.05, 0.1) is 11.1 Å². The fourth-order valence-electron chi connectivity index (χ4n) is 2.25. The van der Waals surface area contributed by atoms with Gasteiger partial charge in [0.1, 0.15) is 5.75 Å². The molecule has 0 fully saturated rings. The van der Waals surface area contributed by atoms with Gasteiger partial charge in [-0.25, -0.2) is 0 Å². The average Bonchev–Trinajstić information content (AvgIpc) is 2.44. The van der Waals surface area contributed by atoms with Crippen molar-refractivity contribution in [3.05, 3.63) is 53.6 Å². The van der Waals surface area contributed by atoms with E-state index in [1.807, 2.05) is 13.8 Å². The number of hydrogen-bond acceptors (Lipinski definition) is 3. The highest BCUT2D eigenvalue weighted by Gasteiger charge is 2.22. The van der Waals surface area contributed by atoms with E-state index in [4.69, 9.17) is 0 Å². The van der Waals surface area contributed by atoms with E-state index in [9.17, 15) is 14.7 Å². The van der Waals surface area contributed by atoms with Gasteiger partial charge in [0.2, 0.25) is 0 Å². The van der Waals surface area contributed by atoms with E-state index in [2.05, 4.69) is 13.2 Å². The molecule has 0 heterocycles. The van der Waals surface area contributed by atoms with Crippen LogP contribution in [-0.2, 0) is 0 Å². The number of phenolic OH excluding ortho intramolecular Hbond substituents is 1. The van der Waals surface area contributed by atoms with Crippen molar-refractivity contribution in [1.82, 2.24) is 9.80 Å². The second-order valence-electron chi connectivity index (χ2n) is 5.94. The molecule has 0 aliphatic rings. The van der Waals surface area contributed by atoms with Crippen LogP contribution in [0.2, 0.25) is 0 Å². The Morgan fingerprint density at radius 2 is 1.30 bits per heavy atom. The van der Waals surface area contributed by atoms with E-state index in [0.29, 0.717) is 13.1 Å². The summed E-state index contributed by atoms with van der Waals surface area (Å²) in [5, 5.41) is 10.4. The SMILES string of the molecule is C=C(C)CN(C)C(=O)c1cccc(C(=O)N(C)CC(=C)C)c1O. The smallest absolute Gasteiger partial charge is 0.257 e. The number of benzene rings is 1. The third-order valence-electron chi connectivity index (χ3n) is 3.20. The second kappa shape index (κ2) is 7.63. The third-order valence-corrected chi connectivity index (χ3v) is 3.20. The van der Waals surface area contributed by atoms with E-state index < -0.39 is 0 Å². The van der Waals surface area contributed by atoms with Crippen molar-refractivity contribution in [2.24, 2.45) is 0 Å². The van der Waals surface area contributed by atoms with E-state index in [0.717, 1.165) is 11.1 Å². The van der Waals surface area contributed by atoms with Crippen LogP contribution in [0.4, 0.5) is 0 Å². The Morgan fingerprint density at radius 3 is 1.61 bits per heavy atom. The zero-order valence-corrected chi connectivity index (χ0v) is 14.2. The van der Waals surface area contributed by atoms with Gasteiger partial charge in [-0.15, -0.1) is 0 Å². The Kier molecular flexibility index (Phi) is 6.13. The van der Waals surface area contributed by atoms with Gasteiger partial charge in [0, 0.05) is 27.2 Å². The van der Waals surface area contributed by atoms with Crippen LogP contribution >= 0.6 is 0 Å². The molecule has 0 saturated carbocycles. The number of phenols is 1. The van der Waals surface area contributed by atoms with Gasteiger partial charge in [0.15, 0.2) is 0 Å². The molecule has 124 valence electrons. The van der Waals surface area contributed by atoms with Crippen molar-refractivity contribution in [2.75, 3.05) is 27.2 Å². The molecule has 0 unspecified atom stereocenters. The van der Waals surface area contributed by atoms with Crippen LogP contribution in [0.25, 0.3) is 0 Å². The Labute approximate surface area is 137 Å². The number of hydrogen-bond donors (Lipinski definition) is 1. The first-order valence-electron chi connectivity index (χ1n) is 7.26. The van der Waals surface area contributed by atoms with Crippen molar-refractivity contribution < 1.29 is 14.7 Å². The van der Waals surface area contributed by atoms with Crippen LogP contribution < -0.4 is 0 Å². The molecule has 1 aromatic carbocycles. The minimum absolute atomic E-state index is 0.100. The Bertz CT molecular complexity index is 597. The van der Waals surface area contributed by atoms with Gasteiger partial charge in [-0.2, -0.15) is 0 Å². The number of carbonyl (C=O) groups is 2. The summed E-state index contributed by atoms with van der Waals surface area (Å²) in [6.07, 6.45) is 0. The monoisotopic (exact) mass is 316 g/mol. The number of amides is 2. The molecule has 0 aliphatic heterocycles. The maximum absolute atomic E-state index is 12.4. The van der Waals surface area contributed by atoms with Gasteiger partial charge in [-0.1, -0.05) is 30.4 Å². The second-order valence-corrected chi connectivity index (χ2v) is 5.94. The standard InChI is InChI=1S/C18H24N2O3/c1-12(2)10-19(5)17(22)14-8-7-9-15(16(14)21)18(23)20(6)11-13(3)4/h7-9,21H,1,3,10-11H2,2,4-6H3. The summed E-state index contributed by atoms with van der Waals surface area (Å²) < 4.78 is 0. The molecule has 1 aromatic rings. The summed E-state index contributed by atoms with van der Waals surface area (Å²) in [4.78, 5) is 27.7. The summed E-state index contributed by atoms with van der Waals surface area (Å²) >= 11 is 0. The Hall–Kier alpha value is -2.56. The topological polar surface area (TPSA) is 60.9 Å². The van der Waals surface area contributed by atoms with Gasteiger partial charge >= 0.3 is 0 Å². The molecule has 23 heavy (non-hydrogen) atoms. The van der Waals surface area contributed by atoms with E-state index in [1.165, 1.54) is 21.9 Å². The average molecular weight is 316 g/mol. The van der Waals surface area contributed by atoms with Gasteiger partial charge in [-0.3, -0.25) is 9.59 Å². The van der Waals surface area contributed by atoms with Crippen molar-refractivity contribution in [2.45, 2.75) is 13.8 Å².